The van der Waals surface area contributed by atoms with E-state index in [-0.39, 0.29) is 24.9 Å². The molecule has 1 aliphatic rings. The molecule has 0 bridgehead atoms. The summed E-state index contributed by atoms with van der Waals surface area (Å²) in [5.41, 5.74) is 3.32. The monoisotopic (exact) mass is 416 g/mol. The molecule has 3 atom stereocenters. The molecule has 1 amide bonds. The standard InChI is InChI=1S/C26H28N2O3/c29-26(30-19-20-10-4-1-5-11-20)27-17-16-23-18-28-24(21-12-6-2-7-13-21)25(31-23)22-14-8-3-9-15-22/h1-15,23-25,28H,16-19H2,(H,27,29)/t23-,24-,25+/m1/s1. The Morgan fingerprint density at radius 2 is 1.52 bits per heavy atom. The smallest absolute Gasteiger partial charge is 0.407 e. The lowest BCUT2D eigenvalue weighted by Gasteiger charge is -2.38. The molecule has 0 aliphatic carbocycles. The number of benzene rings is 3. The molecule has 160 valence electrons. The van der Waals surface area contributed by atoms with Crippen molar-refractivity contribution in [2.45, 2.75) is 31.3 Å². The van der Waals surface area contributed by atoms with E-state index in [2.05, 4.69) is 47.0 Å². The molecule has 0 aromatic heterocycles. The number of morpholine rings is 1. The van der Waals surface area contributed by atoms with Crippen molar-refractivity contribution in [3.8, 4) is 0 Å². The number of hydrogen-bond donors (Lipinski definition) is 2. The van der Waals surface area contributed by atoms with Gasteiger partial charge >= 0.3 is 6.09 Å². The molecule has 3 aromatic rings. The Morgan fingerprint density at radius 1 is 0.903 bits per heavy atom. The van der Waals surface area contributed by atoms with E-state index in [0.717, 1.165) is 17.7 Å². The molecular formula is C26H28N2O3. The first-order chi connectivity index (χ1) is 15.3. The van der Waals surface area contributed by atoms with E-state index in [0.29, 0.717) is 13.0 Å². The summed E-state index contributed by atoms with van der Waals surface area (Å²) < 4.78 is 11.8. The summed E-state index contributed by atoms with van der Waals surface area (Å²) in [5, 5.41) is 6.48. The van der Waals surface area contributed by atoms with E-state index in [1.807, 2.05) is 54.6 Å². The Hall–Kier alpha value is -3.15. The SMILES string of the molecule is O=C(NCC[C@@H]1CN[C@H](c2ccccc2)[C@H](c2ccccc2)O1)OCc1ccccc1. The Labute approximate surface area is 183 Å². The lowest BCUT2D eigenvalue weighted by atomic mass is 9.93. The second kappa shape index (κ2) is 10.8. The molecule has 1 heterocycles. The van der Waals surface area contributed by atoms with E-state index in [1.54, 1.807) is 0 Å². The molecule has 1 saturated heterocycles. The van der Waals surface area contributed by atoms with E-state index in [9.17, 15) is 4.79 Å². The number of ether oxygens (including phenoxy) is 2. The number of carbonyl (C=O) groups is 1. The van der Waals surface area contributed by atoms with Gasteiger partial charge in [0.1, 0.15) is 12.7 Å². The fourth-order valence-corrected chi connectivity index (χ4v) is 3.85. The van der Waals surface area contributed by atoms with Gasteiger partial charge < -0.3 is 20.1 Å². The summed E-state index contributed by atoms with van der Waals surface area (Å²) in [6.45, 7) is 1.49. The predicted octanol–water partition coefficient (Wildman–Crippen LogP) is 4.77. The van der Waals surface area contributed by atoms with Crippen LogP contribution >= 0.6 is 0 Å². The van der Waals surface area contributed by atoms with Crippen LogP contribution in [0.3, 0.4) is 0 Å². The highest BCUT2D eigenvalue weighted by atomic mass is 16.5. The Balaban J connectivity index is 1.30. The number of hydrogen-bond acceptors (Lipinski definition) is 4. The summed E-state index contributed by atoms with van der Waals surface area (Å²) in [6.07, 6.45) is 0.208. The maximum absolute atomic E-state index is 12.0. The van der Waals surface area contributed by atoms with Crippen LogP contribution in [0.1, 0.15) is 35.3 Å². The fraction of sp³-hybridized carbons (Fsp3) is 0.269. The average molecular weight is 417 g/mol. The van der Waals surface area contributed by atoms with Crippen LogP contribution in [0.25, 0.3) is 0 Å². The molecular weight excluding hydrogens is 388 g/mol. The minimum atomic E-state index is -0.408. The zero-order chi connectivity index (χ0) is 21.3. The van der Waals surface area contributed by atoms with Crippen molar-refractivity contribution in [2.24, 2.45) is 0 Å². The van der Waals surface area contributed by atoms with Crippen LogP contribution in [0.15, 0.2) is 91.0 Å². The van der Waals surface area contributed by atoms with Gasteiger partial charge in [-0.25, -0.2) is 4.79 Å². The number of alkyl carbamates (subject to hydrolysis) is 1. The van der Waals surface area contributed by atoms with E-state index >= 15 is 0 Å². The van der Waals surface area contributed by atoms with Crippen LogP contribution in [-0.4, -0.2) is 25.3 Å². The maximum atomic E-state index is 12.0. The van der Waals surface area contributed by atoms with Crippen LogP contribution in [0.5, 0.6) is 0 Å². The zero-order valence-electron chi connectivity index (χ0n) is 17.4. The van der Waals surface area contributed by atoms with Crippen molar-refractivity contribution >= 4 is 6.09 Å². The van der Waals surface area contributed by atoms with Gasteiger partial charge in [-0.1, -0.05) is 91.0 Å². The van der Waals surface area contributed by atoms with Crippen molar-refractivity contribution in [3.05, 3.63) is 108 Å². The summed E-state index contributed by atoms with van der Waals surface area (Å²) in [6, 6.07) is 30.4. The molecule has 0 unspecified atom stereocenters. The summed E-state index contributed by atoms with van der Waals surface area (Å²) in [7, 11) is 0. The topological polar surface area (TPSA) is 59.6 Å². The van der Waals surface area contributed by atoms with Crippen LogP contribution in [-0.2, 0) is 16.1 Å². The molecule has 0 saturated carbocycles. The lowest BCUT2D eigenvalue weighted by molar-refractivity contribution is -0.0688. The van der Waals surface area contributed by atoms with Crippen molar-refractivity contribution in [1.82, 2.24) is 10.6 Å². The number of amides is 1. The molecule has 3 aromatic carbocycles. The second-order valence-corrected chi connectivity index (χ2v) is 7.66. The van der Waals surface area contributed by atoms with Crippen LogP contribution in [0.2, 0.25) is 0 Å². The summed E-state index contributed by atoms with van der Waals surface area (Å²) >= 11 is 0. The molecule has 1 aliphatic heterocycles. The minimum Gasteiger partial charge on any atom is -0.445 e. The Kier molecular flexibility index (Phi) is 7.32. The van der Waals surface area contributed by atoms with Crippen LogP contribution in [0.4, 0.5) is 4.79 Å². The molecule has 5 nitrogen and oxygen atoms in total. The molecule has 1 fully saturated rings. The Bertz CT molecular complexity index is 935. The van der Waals surface area contributed by atoms with Crippen LogP contribution in [0, 0.1) is 0 Å². The summed E-state index contributed by atoms with van der Waals surface area (Å²) in [5.74, 6) is 0. The normalized spacial score (nSPS) is 20.7. The molecule has 31 heavy (non-hydrogen) atoms. The van der Waals surface area contributed by atoms with Crippen molar-refractivity contribution in [3.63, 3.8) is 0 Å². The zero-order valence-corrected chi connectivity index (χ0v) is 17.4. The van der Waals surface area contributed by atoms with Crippen molar-refractivity contribution in [2.75, 3.05) is 13.1 Å². The molecule has 0 spiro atoms. The quantitative estimate of drug-likeness (QED) is 0.582. The minimum absolute atomic E-state index is 0.000378. The van der Waals surface area contributed by atoms with E-state index < -0.39 is 6.09 Å². The highest BCUT2D eigenvalue weighted by molar-refractivity contribution is 5.67. The van der Waals surface area contributed by atoms with Crippen molar-refractivity contribution in [1.29, 1.82) is 0 Å². The third-order valence-corrected chi connectivity index (χ3v) is 5.44. The molecule has 0 radical (unpaired) electrons. The number of nitrogens with one attached hydrogen (secondary N) is 2. The summed E-state index contributed by atoms with van der Waals surface area (Å²) in [4.78, 5) is 12.0. The third kappa shape index (κ3) is 5.94. The largest absolute Gasteiger partial charge is 0.445 e. The lowest BCUT2D eigenvalue weighted by Crippen LogP contribution is -2.44. The first-order valence-electron chi connectivity index (χ1n) is 10.7. The van der Waals surface area contributed by atoms with Crippen molar-refractivity contribution < 1.29 is 14.3 Å². The van der Waals surface area contributed by atoms with Gasteiger partial charge in [0.15, 0.2) is 0 Å². The van der Waals surface area contributed by atoms with Gasteiger partial charge in [-0.15, -0.1) is 0 Å². The highest BCUT2D eigenvalue weighted by Gasteiger charge is 2.32. The number of carbonyl (C=O) groups excluding carboxylic acids is 1. The highest BCUT2D eigenvalue weighted by Crippen LogP contribution is 2.36. The average Bonchev–Trinajstić information content (AvgIpc) is 2.84. The van der Waals surface area contributed by atoms with Gasteiger partial charge in [0.05, 0.1) is 12.1 Å². The molecule has 2 N–H and O–H groups in total. The van der Waals surface area contributed by atoms with Crippen LogP contribution < -0.4 is 10.6 Å². The van der Waals surface area contributed by atoms with Gasteiger partial charge in [0.25, 0.3) is 0 Å². The first kappa shape index (κ1) is 21.1. The number of rotatable bonds is 7. The van der Waals surface area contributed by atoms with Gasteiger partial charge in [-0.3, -0.25) is 0 Å². The predicted molar refractivity (Wildman–Crippen MR) is 120 cm³/mol. The van der Waals surface area contributed by atoms with Gasteiger partial charge in [0.2, 0.25) is 0 Å². The maximum Gasteiger partial charge on any atom is 0.407 e. The second-order valence-electron chi connectivity index (χ2n) is 7.66. The van der Waals surface area contributed by atoms with Gasteiger partial charge in [0, 0.05) is 13.1 Å². The molecule has 4 rings (SSSR count). The first-order valence-corrected chi connectivity index (χ1v) is 10.7. The van der Waals surface area contributed by atoms with E-state index in [1.165, 1.54) is 5.56 Å². The third-order valence-electron chi connectivity index (χ3n) is 5.44. The van der Waals surface area contributed by atoms with Gasteiger partial charge in [-0.05, 0) is 23.1 Å². The Morgan fingerprint density at radius 3 is 2.19 bits per heavy atom. The fourth-order valence-electron chi connectivity index (χ4n) is 3.85. The molecule has 5 heteroatoms. The van der Waals surface area contributed by atoms with Gasteiger partial charge in [-0.2, -0.15) is 0 Å². The van der Waals surface area contributed by atoms with E-state index in [4.69, 9.17) is 9.47 Å².